The molecule has 1 aromatic heterocycles. The Morgan fingerprint density at radius 3 is 2.73 bits per heavy atom. The van der Waals surface area contributed by atoms with Crippen LogP contribution in [-0.2, 0) is 0 Å². The minimum Gasteiger partial charge on any atom is -0.343 e. The Morgan fingerprint density at radius 1 is 1.73 bits per heavy atom. The summed E-state index contributed by atoms with van der Waals surface area (Å²) in [5.41, 5.74) is 0. The summed E-state index contributed by atoms with van der Waals surface area (Å²) < 4.78 is 0.878. The van der Waals surface area contributed by atoms with Crippen LogP contribution in [0.3, 0.4) is 0 Å². The molecule has 11 heavy (non-hydrogen) atoms. The molecule has 1 rings (SSSR count). The normalized spacial score (nSPS) is 9.73. The fraction of sp³-hybridized carbons (Fsp3) is 0.333. The van der Waals surface area contributed by atoms with Gasteiger partial charge in [-0.15, -0.1) is 11.3 Å². The Morgan fingerprint density at radius 2 is 2.36 bits per heavy atom. The fourth-order valence-electron chi connectivity index (χ4n) is 0.545. The number of carbonyl (C=O) groups is 1. The van der Waals surface area contributed by atoms with Gasteiger partial charge < -0.3 is 4.90 Å². The molecule has 0 fully saturated rings. The second-order valence-corrected chi connectivity index (χ2v) is 4.58. The van der Waals surface area contributed by atoms with E-state index in [1.807, 2.05) is 0 Å². The molecule has 1 aromatic rings. The van der Waals surface area contributed by atoms with Crippen molar-refractivity contribution < 1.29 is 4.79 Å². The van der Waals surface area contributed by atoms with Gasteiger partial charge in [-0.25, -0.2) is 4.98 Å². The van der Waals surface area contributed by atoms with Gasteiger partial charge in [-0.2, -0.15) is 0 Å². The zero-order chi connectivity index (χ0) is 8.43. The second kappa shape index (κ2) is 3.32. The maximum absolute atomic E-state index is 11.2. The Balaban J connectivity index is 2.85. The van der Waals surface area contributed by atoms with E-state index in [-0.39, 0.29) is 5.91 Å². The lowest BCUT2D eigenvalue weighted by atomic mass is 10.6. The van der Waals surface area contributed by atoms with Gasteiger partial charge in [0.15, 0.2) is 5.01 Å². The summed E-state index contributed by atoms with van der Waals surface area (Å²) in [6, 6.07) is 0. The van der Waals surface area contributed by atoms with Crippen molar-refractivity contribution in [3.8, 4) is 0 Å². The third-order valence-electron chi connectivity index (χ3n) is 1.07. The first kappa shape index (κ1) is 8.67. The molecule has 0 atom stereocenters. The number of hydrogen-bond donors (Lipinski definition) is 0. The molecule has 0 bridgehead atoms. The van der Waals surface area contributed by atoms with Crippen molar-refractivity contribution in [2.75, 3.05) is 14.1 Å². The quantitative estimate of drug-likeness (QED) is 0.740. The molecule has 0 aliphatic heterocycles. The molecule has 1 heterocycles. The molecular weight excluding hydrogens is 228 g/mol. The summed E-state index contributed by atoms with van der Waals surface area (Å²) in [4.78, 5) is 16.6. The van der Waals surface area contributed by atoms with Gasteiger partial charge in [-0.1, -0.05) is 0 Å². The van der Waals surface area contributed by atoms with Crippen molar-refractivity contribution in [1.29, 1.82) is 0 Å². The van der Waals surface area contributed by atoms with Crippen molar-refractivity contribution in [1.82, 2.24) is 9.88 Å². The van der Waals surface area contributed by atoms with Crippen molar-refractivity contribution in [3.63, 3.8) is 0 Å². The van der Waals surface area contributed by atoms with E-state index in [2.05, 4.69) is 20.9 Å². The fourth-order valence-corrected chi connectivity index (χ4v) is 1.77. The summed E-state index contributed by atoms with van der Waals surface area (Å²) in [6.07, 6.45) is 1.63. The first-order valence-corrected chi connectivity index (χ1v) is 4.55. The molecule has 0 radical (unpaired) electrons. The maximum atomic E-state index is 11.2. The highest BCUT2D eigenvalue weighted by atomic mass is 79.9. The van der Waals surface area contributed by atoms with Crippen LogP contribution in [0, 0.1) is 0 Å². The van der Waals surface area contributed by atoms with Gasteiger partial charge in [0.2, 0.25) is 0 Å². The highest BCUT2D eigenvalue weighted by Crippen LogP contribution is 2.19. The second-order valence-electron chi connectivity index (χ2n) is 2.17. The zero-order valence-electron chi connectivity index (χ0n) is 6.17. The molecule has 3 nitrogen and oxygen atoms in total. The molecule has 5 heteroatoms. The van der Waals surface area contributed by atoms with Crippen LogP contribution in [0.15, 0.2) is 9.98 Å². The molecular formula is C6H7BrN2OS. The molecule has 0 N–H and O–H groups in total. The highest BCUT2D eigenvalue weighted by Gasteiger charge is 2.11. The summed E-state index contributed by atoms with van der Waals surface area (Å²) in [5.74, 6) is -0.0549. The van der Waals surface area contributed by atoms with Crippen LogP contribution in [0.25, 0.3) is 0 Å². The van der Waals surface area contributed by atoms with E-state index in [9.17, 15) is 4.79 Å². The average Bonchev–Trinajstić information content (AvgIpc) is 2.34. The van der Waals surface area contributed by atoms with Crippen LogP contribution in [-0.4, -0.2) is 29.9 Å². The molecule has 0 aromatic carbocycles. The van der Waals surface area contributed by atoms with Crippen molar-refractivity contribution in [2.45, 2.75) is 0 Å². The van der Waals surface area contributed by atoms with E-state index in [0.717, 1.165) is 3.79 Å². The molecule has 0 saturated heterocycles. The minimum absolute atomic E-state index is 0.0549. The average molecular weight is 235 g/mol. The minimum atomic E-state index is -0.0549. The van der Waals surface area contributed by atoms with Gasteiger partial charge in [-0.3, -0.25) is 4.79 Å². The highest BCUT2D eigenvalue weighted by molar-refractivity contribution is 9.11. The van der Waals surface area contributed by atoms with Gasteiger partial charge >= 0.3 is 0 Å². The number of aromatic nitrogens is 1. The molecule has 0 unspecified atom stereocenters. The molecule has 0 aliphatic rings. The predicted molar refractivity (Wildman–Crippen MR) is 47.8 cm³/mol. The van der Waals surface area contributed by atoms with Crippen LogP contribution in [0.5, 0.6) is 0 Å². The first-order valence-electron chi connectivity index (χ1n) is 2.94. The zero-order valence-corrected chi connectivity index (χ0v) is 8.57. The number of carbonyl (C=O) groups excluding carboxylic acids is 1. The number of halogens is 1. The third-order valence-corrected chi connectivity index (χ3v) is 2.53. The van der Waals surface area contributed by atoms with Crippen LogP contribution in [0.4, 0.5) is 0 Å². The van der Waals surface area contributed by atoms with Crippen molar-refractivity contribution >= 4 is 33.2 Å². The lowest BCUT2D eigenvalue weighted by Gasteiger charge is -2.05. The van der Waals surface area contributed by atoms with Gasteiger partial charge in [0.25, 0.3) is 5.91 Å². The SMILES string of the molecule is CN(C)C(=O)c1ncc(Br)s1. The molecule has 1 amide bonds. The van der Waals surface area contributed by atoms with Gasteiger partial charge in [0, 0.05) is 14.1 Å². The van der Waals surface area contributed by atoms with Crippen molar-refractivity contribution in [3.05, 3.63) is 15.0 Å². The summed E-state index contributed by atoms with van der Waals surface area (Å²) >= 11 is 4.57. The monoisotopic (exact) mass is 234 g/mol. The molecule has 0 saturated carbocycles. The lowest BCUT2D eigenvalue weighted by molar-refractivity contribution is 0.0827. The van der Waals surface area contributed by atoms with Crippen LogP contribution < -0.4 is 0 Å². The largest absolute Gasteiger partial charge is 0.343 e. The van der Waals surface area contributed by atoms with E-state index >= 15 is 0 Å². The Bertz CT molecular complexity index is 271. The Labute approximate surface area is 77.2 Å². The number of amides is 1. The van der Waals surface area contributed by atoms with Crippen LogP contribution in [0.2, 0.25) is 0 Å². The van der Waals surface area contributed by atoms with E-state index < -0.39 is 0 Å². The Hall–Kier alpha value is -0.420. The van der Waals surface area contributed by atoms with Crippen molar-refractivity contribution in [2.24, 2.45) is 0 Å². The summed E-state index contributed by atoms with van der Waals surface area (Å²) in [5, 5.41) is 0.516. The third kappa shape index (κ3) is 2.00. The van der Waals surface area contributed by atoms with Crippen LogP contribution >= 0.6 is 27.3 Å². The molecule has 60 valence electrons. The van der Waals surface area contributed by atoms with E-state index in [0.29, 0.717) is 5.01 Å². The maximum Gasteiger partial charge on any atom is 0.282 e. The van der Waals surface area contributed by atoms with Gasteiger partial charge in [0.05, 0.1) is 9.98 Å². The standard InChI is InChI=1S/C6H7BrN2OS/c1-9(2)6(10)5-8-3-4(7)11-5/h3H,1-2H3. The van der Waals surface area contributed by atoms with E-state index in [1.165, 1.54) is 16.2 Å². The first-order chi connectivity index (χ1) is 5.11. The summed E-state index contributed by atoms with van der Waals surface area (Å²) in [6.45, 7) is 0. The number of nitrogens with zero attached hydrogens (tertiary/aromatic N) is 2. The van der Waals surface area contributed by atoms with E-state index in [1.54, 1.807) is 20.3 Å². The number of rotatable bonds is 1. The van der Waals surface area contributed by atoms with Gasteiger partial charge in [-0.05, 0) is 15.9 Å². The van der Waals surface area contributed by atoms with Gasteiger partial charge in [0.1, 0.15) is 0 Å². The smallest absolute Gasteiger partial charge is 0.282 e. The number of hydrogen-bond acceptors (Lipinski definition) is 3. The number of thiazole rings is 1. The van der Waals surface area contributed by atoms with E-state index in [4.69, 9.17) is 0 Å². The Kier molecular flexibility index (Phi) is 2.62. The predicted octanol–water partition coefficient (Wildman–Crippen LogP) is 1.61. The topological polar surface area (TPSA) is 33.2 Å². The lowest BCUT2D eigenvalue weighted by Crippen LogP contribution is -2.21. The molecule has 0 aliphatic carbocycles. The summed E-state index contributed by atoms with van der Waals surface area (Å²) in [7, 11) is 3.41. The van der Waals surface area contributed by atoms with Crippen LogP contribution in [0.1, 0.15) is 9.80 Å². The molecule has 0 spiro atoms.